The number of nitrogens with zero attached hydrogens (tertiary/aromatic N) is 3. The summed E-state index contributed by atoms with van der Waals surface area (Å²) < 4.78 is 33.4. The van der Waals surface area contributed by atoms with E-state index in [2.05, 4.69) is 5.10 Å². The Kier molecular flexibility index (Phi) is 4.97. The summed E-state index contributed by atoms with van der Waals surface area (Å²) in [5, 5.41) is 11.2. The van der Waals surface area contributed by atoms with E-state index in [-0.39, 0.29) is 5.91 Å². The second-order valence-corrected chi connectivity index (χ2v) is 4.35. The number of hydrogen-bond donors (Lipinski definition) is 2. The summed E-state index contributed by atoms with van der Waals surface area (Å²) in [6.07, 6.45) is -1.80. The Bertz CT molecular complexity index is 694. The first-order valence-corrected chi connectivity index (χ1v) is 5.78. The Morgan fingerprint density at radius 2 is 1.91 bits per heavy atom. The van der Waals surface area contributed by atoms with E-state index in [4.69, 9.17) is 15.6 Å². The van der Waals surface area contributed by atoms with E-state index in [9.17, 15) is 18.0 Å². The zero-order chi connectivity index (χ0) is 17.1. The largest absolute Gasteiger partial charge is 0.490 e. The third kappa shape index (κ3) is 4.11. The zero-order valence-electron chi connectivity index (χ0n) is 11.6. The molecule has 2 aromatic rings. The average molecular weight is 318 g/mol. The van der Waals surface area contributed by atoms with Crippen LogP contribution in [0.25, 0.3) is 5.52 Å². The van der Waals surface area contributed by atoms with Crippen LogP contribution in [-0.2, 0) is 4.79 Å². The Hall–Kier alpha value is -2.78. The summed E-state index contributed by atoms with van der Waals surface area (Å²) in [5.41, 5.74) is 7.58. The molecule has 0 saturated heterocycles. The summed E-state index contributed by atoms with van der Waals surface area (Å²) in [4.78, 5) is 22.2. The number of hydrogen-bond acceptors (Lipinski definition) is 4. The number of amides is 1. The molecule has 0 aliphatic rings. The van der Waals surface area contributed by atoms with Crippen LogP contribution in [0.3, 0.4) is 0 Å². The van der Waals surface area contributed by atoms with Gasteiger partial charge in [-0.25, -0.2) is 9.31 Å². The molecule has 7 nitrogen and oxygen atoms in total. The predicted octanol–water partition coefficient (Wildman–Crippen LogP) is 1.25. The number of pyridine rings is 1. The van der Waals surface area contributed by atoms with Crippen molar-refractivity contribution in [2.45, 2.75) is 6.18 Å². The fourth-order valence-corrected chi connectivity index (χ4v) is 1.40. The summed E-state index contributed by atoms with van der Waals surface area (Å²) in [5.74, 6) is -2.83. The molecule has 3 N–H and O–H groups in total. The maximum atomic E-state index is 11.8. The van der Waals surface area contributed by atoms with Gasteiger partial charge in [0.2, 0.25) is 0 Å². The third-order valence-corrected chi connectivity index (χ3v) is 2.42. The number of alkyl halides is 3. The first-order valence-electron chi connectivity index (χ1n) is 5.78. The highest BCUT2D eigenvalue weighted by molar-refractivity contribution is 6.00. The Morgan fingerprint density at radius 1 is 1.36 bits per heavy atom. The quantitative estimate of drug-likeness (QED) is 0.824. The second-order valence-electron chi connectivity index (χ2n) is 4.35. The summed E-state index contributed by atoms with van der Waals surface area (Å²) >= 11 is 0. The van der Waals surface area contributed by atoms with Crippen LogP contribution in [0.5, 0.6) is 0 Å². The van der Waals surface area contributed by atoms with Crippen molar-refractivity contribution in [3.8, 4) is 0 Å². The smallest absolute Gasteiger partial charge is 0.475 e. The number of carboxylic acids is 1. The minimum atomic E-state index is -5.08. The van der Waals surface area contributed by atoms with Crippen LogP contribution in [0.4, 0.5) is 18.9 Å². The van der Waals surface area contributed by atoms with Crippen LogP contribution < -0.4 is 5.73 Å². The van der Waals surface area contributed by atoms with Gasteiger partial charge in [-0.2, -0.15) is 18.3 Å². The van der Waals surface area contributed by atoms with E-state index in [1.165, 1.54) is 4.90 Å². The molecule has 0 aliphatic heterocycles. The molecule has 0 saturated carbocycles. The molecule has 0 bridgehead atoms. The van der Waals surface area contributed by atoms with Gasteiger partial charge in [0.15, 0.2) is 0 Å². The van der Waals surface area contributed by atoms with Crippen molar-refractivity contribution in [2.75, 3.05) is 19.8 Å². The lowest BCUT2D eigenvalue weighted by Crippen LogP contribution is -2.21. The van der Waals surface area contributed by atoms with Gasteiger partial charge in [0, 0.05) is 26.0 Å². The molecule has 2 heterocycles. The van der Waals surface area contributed by atoms with Gasteiger partial charge in [-0.15, -0.1) is 0 Å². The number of aromatic nitrogens is 2. The van der Waals surface area contributed by atoms with Crippen LogP contribution in [0.1, 0.15) is 10.4 Å². The standard InChI is InChI=1S/C10H12N4O.C2HF3O2/c1-13(2)10(15)8-6-12-14-4-3-7(11)5-9(8)14;3-2(4,5)1(6)7/h3-6H,11H2,1-2H3;(H,6,7). The fourth-order valence-electron chi connectivity index (χ4n) is 1.40. The van der Waals surface area contributed by atoms with Gasteiger partial charge in [0.05, 0.1) is 17.3 Å². The Balaban J connectivity index is 0.000000295. The van der Waals surface area contributed by atoms with Crippen LogP contribution in [0.2, 0.25) is 0 Å². The van der Waals surface area contributed by atoms with Gasteiger partial charge in [-0.3, -0.25) is 4.79 Å². The molecule has 0 atom stereocenters. The molecule has 0 unspecified atom stereocenters. The molecular weight excluding hydrogens is 305 g/mol. The molecule has 1 amide bonds. The number of anilines is 1. The third-order valence-electron chi connectivity index (χ3n) is 2.42. The number of nitrogens with two attached hydrogens (primary N) is 1. The average Bonchev–Trinajstić information content (AvgIpc) is 2.80. The maximum absolute atomic E-state index is 11.8. The number of halogens is 3. The number of aliphatic carboxylic acids is 1. The molecule has 120 valence electrons. The molecular formula is C12H13F3N4O3. The lowest BCUT2D eigenvalue weighted by atomic mass is 10.2. The number of carboxylic acid groups (broad SMARTS) is 1. The molecule has 0 fully saturated rings. The zero-order valence-corrected chi connectivity index (χ0v) is 11.6. The topological polar surface area (TPSA) is 101 Å². The van der Waals surface area contributed by atoms with E-state index in [1.54, 1.807) is 43.1 Å². The molecule has 0 spiro atoms. The lowest BCUT2D eigenvalue weighted by molar-refractivity contribution is -0.192. The van der Waals surface area contributed by atoms with Gasteiger partial charge in [0.1, 0.15) is 0 Å². The minimum Gasteiger partial charge on any atom is -0.475 e. The van der Waals surface area contributed by atoms with E-state index < -0.39 is 12.1 Å². The lowest BCUT2D eigenvalue weighted by Gasteiger charge is -2.08. The van der Waals surface area contributed by atoms with Crippen molar-refractivity contribution in [3.63, 3.8) is 0 Å². The summed E-state index contributed by atoms with van der Waals surface area (Å²) in [6.45, 7) is 0. The van der Waals surface area contributed by atoms with E-state index in [0.717, 1.165) is 5.52 Å². The number of carbonyl (C=O) groups excluding carboxylic acids is 1. The second kappa shape index (κ2) is 6.33. The van der Waals surface area contributed by atoms with Crippen molar-refractivity contribution in [3.05, 3.63) is 30.1 Å². The normalized spacial score (nSPS) is 10.8. The van der Waals surface area contributed by atoms with E-state index in [1.807, 2.05) is 0 Å². The van der Waals surface area contributed by atoms with E-state index >= 15 is 0 Å². The highest BCUT2D eigenvalue weighted by Gasteiger charge is 2.38. The molecule has 0 aromatic carbocycles. The maximum Gasteiger partial charge on any atom is 0.490 e. The van der Waals surface area contributed by atoms with Gasteiger partial charge in [-0.05, 0) is 12.1 Å². The first kappa shape index (κ1) is 17.3. The summed E-state index contributed by atoms with van der Waals surface area (Å²) in [6, 6.07) is 3.48. The van der Waals surface area contributed by atoms with Crippen LogP contribution in [-0.4, -0.2) is 51.8 Å². The van der Waals surface area contributed by atoms with Crippen molar-refractivity contribution in [1.82, 2.24) is 14.5 Å². The number of nitrogen functional groups attached to an aromatic ring is 1. The first-order chi connectivity index (χ1) is 10.0. The van der Waals surface area contributed by atoms with Crippen LogP contribution in [0, 0.1) is 0 Å². The molecule has 2 aromatic heterocycles. The van der Waals surface area contributed by atoms with E-state index in [0.29, 0.717) is 11.3 Å². The highest BCUT2D eigenvalue weighted by Crippen LogP contribution is 2.15. The number of fused-ring (bicyclic) bond motifs is 1. The molecule has 0 radical (unpaired) electrons. The van der Waals surface area contributed by atoms with Crippen molar-refractivity contribution in [2.24, 2.45) is 0 Å². The molecule has 22 heavy (non-hydrogen) atoms. The highest BCUT2D eigenvalue weighted by atomic mass is 19.4. The molecule has 10 heteroatoms. The SMILES string of the molecule is CN(C)C(=O)c1cnn2ccc(N)cc12.O=C(O)C(F)(F)F. The summed E-state index contributed by atoms with van der Waals surface area (Å²) in [7, 11) is 3.41. The Labute approximate surface area is 122 Å². The van der Waals surface area contributed by atoms with Crippen LogP contribution >= 0.6 is 0 Å². The Morgan fingerprint density at radius 3 is 2.36 bits per heavy atom. The predicted molar refractivity (Wildman–Crippen MR) is 71.3 cm³/mol. The minimum absolute atomic E-state index is 0.0735. The van der Waals surface area contributed by atoms with Gasteiger partial charge >= 0.3 is 12.1 Å². The van der Waals surface area contributed by atoms with Gasteiger partial charge in [0.25, 0.3) is 5.91 Å². The number of carbonyl (C=O) groups is 2. The monoisotopic (exact) mass is 318 g/mol. The van der Waals surface area contributed by atoms with Crippen molar-refractivity contribution in [1.29, 1.82) is 0 Å². The fraction of sp³-hybridized carbons (Fsp3) is 0.250. The molecule has 0 aliphatic carbocycles. The van der Waals surface area contributed by atoms with Gasteiger partial charge in [-0.1, -0.05) is 0 Å². The van der Waals surface area contributed by atoms with Crippen molar-refractivity contribution >= 4 is 23.1 Å². The molecule has 2 rings (SSSR count). The van der Waals surface area contributed by atoms with Crippen LogP contribution in [0.15, 0.2) is 24.5 Å². The number of rotatable bonds is 1. The van der Waals surface area contributed by atoms with Crippen molar-refractivity contribution < 1.29 is 27.9 Å². The van der Waals surface area contributed by atoms with Gasteiger partial charge < -0.3 is 15.7 Å².